The molecule has 0 saturated carbocycles. The van der Waals surface area contributed by atoms with Crippen LogP contribution in [0.25, 0.3) is 27.8 Å². The van der Waals surface area contributed by atoms with Crippen LogP contribution in [0.2, 0.25) is 5.02 Å². The number of piperazine rings is 1. The highest BCUT2D eigenvalue weighted by molar-refractivity contribution is 6.35. The van der Waals surface area contributed by atoms with E-state index in [1.54, 1.807) is 37.2 Å². The average molecular weight is 559 g/mol. The minimum Gasteiger partial charge on any atom is -0.497 e. The van der Waals surface area contributed by atoms with Gasteiger partial charge in [-0.2, -0.15) is 4.98 Å². The van der Waals surface area contributed by atoms with Crippen molar-refractivity contribution in [1.29, 1.82) is 0 Å². The average Bonchev–Trinajstić information content (AvgIpc) is 3.48. The summed E-state index contributed by atoms with van der Waals surface area (Å²) in [7, 11) is 3.14. The Labute approximate surface area is 235 Å². The van der Waals surface area contributed by atoms with E-state index in [1.807, 2.05) is 48.2 Å². The smallest absolute Gasteiger partial charge is 0.242 e. The molecule has 12 heteroatoms. The van der Waals surface area contributed by atoms with Crippen molar-refractivity contribution in [2.75, 3.05) is 50.6 Å². The zero-order chi connectivity index (χ0) is 27.8. The largest absolute Gasteiger partial charge is 0.497 e. The van der Waals surface area contributed by atoms with Gasteiger partial charge in [-0.15, -0.1) is 10.2 Å². The Bertz CT molecular complexity index is 1720. The Morgan fingerprint density at radius 1 is 1.02 bits per heavy atom. The number of aromatic nitrogens is 5. The van der Waals surface area contributed by atoms with E-state index in [0.717, 1.165) is 42.0 Å². The van der Waals surface area contributed by atoms with Gasteiger partial charge in [0.25, 0.3) is 0 Å². The lowest BCUT2D eigenvalue weighted by atomic mass is 10.0. The van der Waals surface area contributed by atoms with Crippen LogP contribution < -0.4 is 19.7 Å². The van der Waals surface area contributed by atoms with E-state index in [0.29, 0.717) is 45.9 Å². The summed E-state index contributed by atoms with van der Waals surface area (Å²) in [4.78, 5) is 25.6. The summed E-state index contributed by atoms with van der Waals surface area (Å²) < 4.78 is 12.7. The lowest BCUT2D eigenvalue weighted by Crippen LogP contribution is -2.50. The third-order valence-electron chi connectivity index (χ3n) is 7.06. The van der Waals surface area contributed by atoms with Crippen LogP contribution in [0.15, 0.2) is 55.0 Å². The normalized spacial score (nSPS) is 13.8. The van der Waals surface area contributed by atoms with Gasteiger partial charge >= 0.3 is 0 Å². The first-order chi connectivity index (χ1) is 19.5. The first-order valence-electron chi connectivity index (χ1n) is 12.8. The fraction of sp³-hybridized carbons (Fsp3) is 0.250. The molecular formula is C28H27ClN8O3. The van der Waals surface area contributed by atoms with Crippen LogP contribution in [0.1, 0.15) is 6.92 Å². The summed E-state index contributed by atoms with van der Waals surface area (Å²) in [6.45, 7) is 4.68. The molecule has 0 atom stereocenters. The number of anilines is 3. The van der Waals surface area contributed by atoms with Crippen LogP contribution in [-0.2, 0) is 4.79 Å². The third kappa shape index (κ3) is 4.58. The van der Waals surface area contributed by atoms with Crippen LogP contribution in [0.4, 0.5) is 17.3 Å². The summed E-state index contributed by atoms with van der Waals surface area (Å²) >= 11 is 6.69. The summed E-state index contributed by atoms with van der Waals surface area (Å²) in [5.41, 5.74) is 4.48. The minimum absolute atomic E-state index is 0.150. The molecule has 0 radical (unpaired) electrons. The molecule has 0 spiro atoms. The number of hydrogen-bond acceptors (Lipinski definition) is 9. The second-order valence-corrected chi connectivity index (χ2v) is 9.69. The number of carbonyl (C=O) groups excluding carboxylic acids is 1. The standard InChI is InChI=1S/C28H27ClN8O3/c1-4-35-9-10-36(15-24(35)38)19-7-5-18(6-8-19)32-28-30-14-17-11-22(27-34-31-16-37(27)26(17)33-28)21-12-20(39-2)13-23(40-3)25(21)29/h5-8,11-14,16H,4,9-10,15H2,1-3H3,(H,30,32,33). The maximum Gasteiger partial charge on any atom is 0.242 e. The molecule has 1 aliphatic rings. The van der Waals surface area contributed by atoms with Crippen molar-refractivity contribution >= 4 is 51.5 Å². The molecule has 4 heterocycles. The topological polar surface area (TPSA) is 110 Å². The Morgan fingerprint density at radius 2 is 1.85 bits per heavy atom. The second kappa shape index (κ2) is 10.5. The number of hydrogen-bond donors (Lipinski definition) is 1. The van der Waals surface area contributed by atoms with E-state index < -0.39 is 0 Å². The number of amides is 1. The van der Waals surface area contributed by atoms with Gasteiger partial charge in [-0.05, 0) is 43.3 Å². The number of fused-ring (bicyclic) bond motifs is 3. The number of likely N-dealkylation sites (N-methyl/N-ethyl adjacent to an activating group) is 1. The number of pyridine rings is 1. The first-order valence-corrected chi connectivity index (χ1v) is 13.2. The van der Waals surface area contributed by atoms with Gasteiger partial charge in [0.1, 0.15) is 17.8 Å². The van der Waals surface area contributed by atoms with E-state index in [1.165, 1.54) is 0 Å². The van der Waals surface area contributed by atoms with Crippen LogP contribution in [0, 0.1) is 0 Å². The zero-order valence-electron chi connectivity index (χ0n) is 22.3. The predicted octanol–water partition coefficient (Wildman–Crippen LogP) is 4.42. The quantitative estimate of drug-likeness (QED) is 0.310. The summed E-state index contributed by atoms with van der Waals surface area (Å²) in [5, 5.41) is 13.0. The number of nitrogens with zero attached hydrogens (tertiary/aromatic N) is 7. The van der Waals surface area contributed by atoms with Crippen LogP contribution in [0.5, 0.6) is 11.5 Å². The van der Waals surface area contributed by atoms with Crippen molar-refractivity contribution in [3.8, 4) is 22.6 Å². The fourth-order valence-corrected chi connectivity index (χ4v) is 5.20. The van der Waals surface area contributed by atoms with Gasteiger partial charge in [-0.25, -0.2) is 4.98 Å². The Hall–Kier alpha value is -4.64. The summed E-state index contributed by atoms with van der Waals surface area (Å²) in [6.07, 6.45) is 3.35. The number of carbonyl (C=O) groups is 1. The molecule has 1 amide bonds. The highest BCUT2D eigenvalue weighted by Gasteiger charge is 2.23. The predicted molar refractivity (Wildman–Crippen MR) is 154 cm³/mol. The third-order valence-corrected chi connectivity index (χ3v) is 7.45. The van der Waals surface area contributed by atoms with E-state index >= 15 is 0 Å². The lowest BCUT2D eigenvalue weighted by molar-refractivity contribution is -0.130. The zero-order valence-corrected chi connectivity index (χ0v) is 23.0. The molecule has 2 aromatic carbocycles. The van der Waals surface area contributed by atoms with Gasteiger partial charge in [0.2, 0.25) is 11.9 Å². The second-order valence-electron chi connectivity index (χ2n) is 9.31. The number of nitrogens with one attached hydrogen (secondary N) is 1. The lowest BCUT2D eigenvalue weighted by Gasteiger charge is -2.35. The number of rotatable bonds is 7. The van der Waals surface area contributed by atoms with Crippen molar-refractivity contribution in [3.05, 3.63) is 60.0 Å². The molecule has 11 nitrogen and oxygen atoms in total. The molecule has 204 valence electrons. The van der Waals surface area contributed by atoms with Gasteiger partial charge in [-0.3, -0.25) is 9.20 Å². The van der Waals surface area contributed by atoms with Crippen LogP contribution in [0.3, 0.4) is 0 Å². The van der Waals surface area contributed by atoms with E-state index in [4.69, 9.17) is 26.1 Å². The Balaban J connectivity index is 1.30. The van der Waals surface area contributed by atoms with E-state index in [2.05, 4.69) is 25.4 Å². The van der Waals surface area contributed by atoms with Gasteiger partial charge < -0.3 is 24.6 Å². The number of benzene rings is 2. The molecule has 1 N–H and O–H groups in total. The van der Waals surface area contributed by atoms with E-state index in [-0.39, 0.29) is 5.91 Å². The maximum absolute atomic E-state index is 12.3. The molecule has 1 fully saturated rings. The molecule has 1 saturated heterocycles. The van der Waals surface area contributed by atoms with Gasteiger partial charge in [0, 0.05) is 59.8 Å². The minimum atomic E-state index is 0.150. The fourth-order valence-electron chi connectivity index (χ4n) is 4.91. The maximum atomic E-state index is 12.3. The Kier molecular flexibility index (Phi) is 6.72. The summed E-state index contributed by atoms with van der Waals surface area (Å²) in [6, 6.07) is 13.4. The molecule has 6 rings (SSSR count). The summed E-state index contributed by atoms with van der Waals surface area (Å²) in [5.74, 6) is 1.67. The first kappa shape index (κ1) is 25.6. The van der Waals surface area contributed by atoms with E-state index in [9.17, 15) is 4.79 Å². The number of methoxy groups -OCH3 is 2. The van der Waals surface area contributed by atoms with Crippen molar-refractivity contribution in [3.63, 3.8) is 0 Å². The molecule has 0 unspecified atom stereocenters. The molecule has 3 aromatic heterocycles. The molecule has 0 aliphatic carbocycles. The molecular weight excluding hydrogens is 532 g/mol. The number of ether oxygens (including phenoxy) is 2. The highest BCUT2D eigenvalue weighted by Crippen LogP contribution is 2.41. The highest BCUT2D eigenvalue weighted by atomic mass is 35.5. The molecule has 0 bridgehead atoms. The van der Waals surface area contributed by atoms with Crippen molar-refractivity contribution in [1.82, 2.24) is 29.5 Å². The Morgan fingerprint density at radius 3 is 2.58 bits per heavy atom. The van der Waals surface area contributed by atoms with Crippen molar-refractivity contribution in [2.24, 2.45) is 0 Å². The van der Waals surface area contributed by atoms with Gasteiger partial charge in [-0.1, -0.05) is 11.6 Å². The van der Waals surface area contributed by atoms with Crippen LogP contribution >= 0.6 is 11.6 Å². The SMILES string of the molecule is CCN1CCN(c2ccc(Nc3ncc4cc(-c5cc(OC)cc(OC)c5Cl)c5nncn5c4n3)cc2)CC1=O. The number of halogens is 1. The van der Waals surface area contributed by atoms with Gasteiger partial charge in [0.15, 0.2) is 11.3 Å². The molecule has 1 aliphatic heterocycles. The monoisotopic (exact) mass is 558 g/mol. The van der Waals surface area contributed by atoms with Crippen molar-refractivity contribution in [2.45, 2.75) is 6.92 Å². The van der Waals surface area contributed by atoms with Gasteiger partial charge in [0.05, 0.1) is 25.8 Å². The molecule has 5 aromatic rings. The van der Waals surface area contributed by atoms with Crippen molar-refractivity contribution < 1.29 is 14.3 Å². The van der Waals surface area contributed by atoms with Crippen LogP contribution in [-0.4, -0.2) is 75.8 Å². The molecule has 40 heavy (non-hydrogen) atoms.